The third-order valence-corrected chi connectivity index (χ3v) is 5.49. The van der Waals surface area contributed by atoms with Gasteiger partial charge in [-0.05, 0) is 37.7 Å². The van der Waals surface area contributed by atoms with Gasteiger partial charge in [0.1, 0.15) is 18.2 Å². The van der Waals surface area contributed by atoms with Crippen LogP contribution in [-0.4, -0.2) is 66.5 Å². The van der Waals surface area contributed by atoms with Crippen LogP contribution in [0.4, 0.5) is 0 Å². The Morgan fingerprint density at radius 1 is 1.17 bits per heavy atom. The van der Waals surface area contributed by atoms with E-state index < -0.39 is 24.2 Å². The van der Waals surface area contributed by atoms with Gasteiger partial charge in [0.15, 0.2) is 0 Å². The molecule has 1 fully saturated rings. The van der Waals surface area contributed by atoms with Crippen molar-refractivity contribution in [2.75, 3.05) is 20.7 Å². The van der Waals surface area contributed by atoms with Crippen molar-refractivity contribution in [3.63, 3.8) is 0 Å². The van der Waals surface area contributed by atoms with E-state index in [1.54, 1.807) is 18.9 Å². The monoisotopic (exact) mass is 418 g/mol. The first-order valence-electron chi connectivity index (χ1n) is 10.6. The number of rotatable bonds is 9. The molecule has 1 saturated heterocycles. The van der Waals surface area contributed by atoms with Crippen molar-refractivity contribution in [1.29, 1.82) is 0 Å². The Kier molecular flexibility index (Phi) is 8.84. The maximum absolute atomic E-state index is 13.2. The van der Waals surface area contributed by atoms with E-state index in [0.717, 1.165) is 12.0 Å². The van der Waals surface area contributed by atoms with Crippen molar-refractivity contribution in [1.82, 2.24) is 9.80 Å². The number of hydrogen-bond acceptors (Lipinski definition) is 5. The molecule has 0 spiro atoms. The van der Waals surface area contributed by atoms with Gasteiger partial charge in [0.25, 0.3) is 5.91 Å². The van der Waals surface area contributed by atoms with Gasteiger partial charge < -0.3 is 19.3 Å². The highest BCUT2D eigenvalue weighted by molar-refractivity contribution is 5.92. The molecule has 7 nitrogen and oxygen atoms in total. The summed E-state index contributed by atoms with van der Waals surface area (Å²) >= 11 is 0. The van der Waals surface area contributed by atoms with Gasteiger partial charge in [0.05, 0.1) is 13.7 Å². The van der Waals surface area contributed by atoms with Crippen LogP contribution >= 0.6 is 0 Å². The van der Waals surface area contributed by atoms with Gasteiger partial charge in [0, 0.05) is 13.6 Å². The molecule has 2 rings (SSSR count). The fraction of sp³-hybridized carbons (Fsp3) is 0.609. The van der Waals surface area contributed by atoms with Crippen molar-refractivity contribution in [3.05, 3.63) is 35.9 Å². The molecule has 0 aliphatic carbocycles. The van der Waals surface area contributed by atoms with E-state index in [0.29, 0.717) is 26.0 Å². The van der Waals surface area contributed by atoms with E-state index in [1.165, 1.54) is 12.0 Å². The molecule has 1 aliphatic rings. The number of likely N-dealkylation sites (tertiary alicyclic amines) is 1. The van der Waals surface area contributed by atoms with Crippen molar-refractivity contribution < 1.29 is 23.9 Å². The zero-order chi connectivity index (χ0) is 22.3. The molecule has 0 radical (unpaired) electrons. The molecule has 1 aliphatic heterocycles. The first-order valence-corrected chi connectivity index (χ1v) is 10.6. The standard InChI is InChI=1S/C23H34N2O5/c1-16(2)14-20(23(28)29-5)24(4)22(27)19-12-9-13-25(19)21(26)17(3)30-15-18-10-7-6-8-11-18/h6-8,10-11,16-17,19-20H,9,12-15H2,1-5H3/t17-,19-,20+/m0/s1. The van der Waals surface area contributed by atoms with Crippen LogP contribution in [0.3, 0.4) is 0 Å². The molecule has 2 amide bonds. The molecule has 1 aromatic rings. The van der Waals surface area contributed by atoms with Crippen molar-refractivity contribution in [2.24, 2.45) is 5.92 Å². The van der Waals surface area contributed by atoms with Crippen LogP contribution in [0.2, 0.25) is 0 Å². The van der Waals surface area contributed by atoms with E-state index in [2.05, 4.69) is 0 Å². The molecule has 0 unspecified atom stereocenters. The average Bonchev–Trinajstić information content (AvgIpc) is 3.24. The molecule has 0 N–H and O–H groups in total. The Balaban J connectivity index is 2.04. The maximum atomic E-state index is 13.2. The van der Waals surface area contributed by atoms with Crippen molar-refractivity contribution in [3.8, 4) is 0 Å². The van der Waals surface area contributed by atoms with E-state index in [4.69, 9.17) is 9.47 Å². The lowest BCUT2D eigenvalue weighted by atomic mass is 10.0. The van der Waals surface area contributed by atoms with Crippen molar-refractivity contribution >= 4 is 17.8 Å². The molecule has 7 heteroatoms. The van der Waals surface area contributed by atoms with Gasteiger partial charge in [-0.3, -0.25) is 9.59 Å². The zero-order valence-corrected chi connectivity index (χ0v) is 18.7. The summed E-state index contributed by atoms with van der Waals surface area (Å²) in [5.74, 6) is -0.645. The zero-order valence-electron chi connectivity index (χ0n) is 18.7. The Morgan fingerprint density at radius 3 is 2.43 bits per heavy atom. The number of likely N-dealkylation sites (N-methyl/N-ethyl adjacent to an activating group) is 1. The van der Waals surface area contributed by atoms with Crippen LogP contribution in [0.25, 0.3) is 0 Å². The third-order valence-electron chi connectivity index (χ3n) is 5.49. The SMILES string of the molecule is COC(=O)[C@@H](CC(C)C)N(C)C(=O)[C@@H]1CCCN1C(=O)[C@H](C)OCc1ccccc1. The number of amides is 2. The van der Waals surface area contributed by atoms with Crippen LogP contribution in [0.5, 0.6) is 0 Å². The molecule has 0 bridgehead atoms. The Morgan fingerprint density at radius 2 is 1.83 bits per heavy atom. The van der Waals surface area contributed by atoms with Crippen molar-refractivity contribution in [2.45, 2.75) is 64.8 Å². The van der Waals surface area contributed by atoms with Gasteiger partial charge in [0.2, 0.25) is 5.91 Å². The minimum Gasteiger partial charge on any atom is -0.467 e. The molecule has 0 aromatic heterocycles. The Bertz CT molecular complexity index is 722. The van der Waals surface area contributed by atoms with Gasteiger partial charge in [-0.25, -0.2) is 4.79 Å². The van der Waals surface area contributed by atoms with Crippen LogP contribution in [0.1, 0.15) is 45.6 Å². The second kappa shape index (κ2) is 11.1. The lowest BCUT2D eigenvalue weighted by molar-refractivity contribution is -0.157. The highest BCUT2D eigenvalue weighted by Gasteiger charge is 2.40. The predicted molar refractivity (Wildman–Crippen MR) is 113 cm³/mol. The van der Waals surface area contributed by atoms with E-state index in [-0.39, 0.29) is 17.7 Å². The quantitative estimate of drug-likeness (QED) is 0.576. The summed E-state index contributed by atoms with van der Waals surface area (Å²) in [7, 11) is 2.94. The summed E-state index contributed by atoms with van der Waals surface area (Å²) in [4.78, 5) is 41.4. The first kappa shape index (κ1) is 23.9. The summed E-state index contributed by atoms with van der Waals surface area (Å²) in [5, 5.41) is 0. The number of esters is 1. The van der Waals surface area contributed by atoms with Crippen LogP contribution in [-0.2, 0) is 30.5 Å². The summed E-state index contributed by atoms with van der Waals surface area (Å²) < 4.78 is 10.7. The molecular formula is C23H34N2O5. The lowest BCUT2D eigenvalue weighted by Crippen LogP contribution is -2.53. The van der Waals surface area contributed by atoms with E-state index in [9.17, 15) is 14.4 Å². The molecular weight excluding hydrogens is 384 g/mol. The third kappa shape index (κ3) is 6.05. The fourth-order valence-corrected chi connectivity index (χ4v) is 3.77. The van der Waals surface area contributed by atoms with Gasteiger partial charge in [-0.1, -0.05) is 44.2 Å². The number of benzene rings is 1. The smallest absolute Gasteiger partial charge is 0.328 e. The predicted octanol–water partition coefficient (Wildman–Crippen LogP) is 2.63. The second-order valence-electron chi connectivity index (χ2n) is 8.25. The minimum absolute atomic E-state index is 0.200. The van der Waals surface area contributed by atoms with Gasteiger partial charge >= 0.3 is 5.97 Å². The normalized spacial score (nSPS) is 18.2. The lowest BCUT2D eigenvalue weighted by Gasteiger charge is -2.33. The number of carbonyl (C=O) groups is 3. The molecule has 3 atom stereocenters. The molecule has 1 heterocycles. The second-order valence-corrected chi connectivity index (χ2v) is 8.25. The highest BCUT2D eigenvalue weighted by Crippen LogP contribution is 2.23. The Labute approximate surface area is 179 Å². The molecule has 30 heavy (non-hydrogen) atoms. The molecule has 166 valence electrons. The largest absolute Gasteiger partial charge is 0.467 e. The topological polar surface area (TPSA) is 76.2 Å². The maximum Gasteiger partial charge on any atom is 0.328 e. The Hall–Kier alpha value is -2.41. The van der Waals surface area contributed by atoms with Gasteiger partial charge in [-0.15, -0.1) is 0 Å². The average molecular weight is 419 g/mol. The number of ether oxygens (including phenoxy) is 2. The summed E-state index contributed by atoms with van der Waals surface area (Å²) in [6, 6.07) is 8.41. The summed E-state index contributed by atoms with van der Waals surface area (Å²) in [6.07, 6.45) is 1.17. The summed E-state index contributed by atoms with van der Waals surface area (Å²) in [5.41, 5.74) is 0.987. The van der Waals surface area contributed by atoms with E-state index >= 15 is 0 Å². The first-order chi connectivity index (χ1) is 14.3. The summed E-state index contributed by atoms with van der Waals surface area (Å²) in [6.45, 7) is 6.54. The van der Waals surface area contributed by atoms with Crippen LogP contribution < -0.4 is 0 Å². The number of carbonyl (C=O) groups excluding carboxylic acids is 3. The molecule has 1 aromatic carbocycles. The van der Waals surface area contributed by atoms with Gasteiger partial charge in [-0.2, -0.15) is 0 Å². The minimum atomic E-state index is -0.660. The number of methoxy groups -OCH3 is 1. The number of nitrogens with zero attached hydrogens (tertiary/aromatic N) is 2. The highest BCUT2D eigenvalue weighted by atomic mass is 16.5. The van der Waals surface area contributed by atoms with E-state index in [1.807, 2.05) is 44.2 Å². The number of hydrogen-bond donors (Lipinski definition) is 0. The fourth-order valence-electron chi connectivity index (χ4n) is 3.77. The van der Waals surface area contributed by atoms with Crippen LogP contribution in [0.15, 0.2) is 30.3 Å². The molecule has 0 saturated carbocycles. The van der Waals surface area contributed by atoms with Crippen LogP contribution in [0, 0.1) is 5.92 Å².